The van der Waals surface area contributed by atoms with Crippen LogP contribution < -0.4 is 11.1 Å². The van der Waals surface area contributed by atoms with E-state index in [1.54, 1.807) is 31.2 Å². The number of carbonyl (C=O) groups excluding carboxylic acids is 2. The lowest BCUT2D eigenvalue weighted by Crippen LogP contribution is -2.52. The van der Waals surface area contributed by atoms with Crippen molar-refractivity contribution in [3.8, 4) is 5.69 Å². The number of amides is 2. The van der Waals surface area contributed by atoms with Crippen molar-refractivity contribution in [2.75, 3.05) is 6.61 Å². The van der Waals surface area contributed by atoms with Crippen molar-refractivity contribution < 1.29 is 31.9 Å². The Labute approximate surface area is 296 Å². The number of aromatic nitrogens is 5. The van der Waals surface area contributed by atoms with Gasteiger partial charge in [0.2, 0.25) is 0 Å². The Balaban J connectivity index is 1.35. The van der Waals surface area contributed by atoms with E-state index in [1.807, 2.05) is 32.9 Å². The molecule has 51 heavy (non-hydrogen) atoms. The van der Waals surface area contributed by atoms with Crippen LogP contribution in [0, 0.1) is 18.3 Å². The van der Waals surface area contributed by atoms with E-state index in [4.69, 9.17) is 27.1 Å². The van der Waals surface area contributed by atoms with Gasteiger partial charge in [-0.25, -0.2) is 32.9 Å². The van der Waals surface area contributed by atoms with E-state index < -0.39 is 60.0 Å². The van der Waals surface area contributed by atoms with Crippen molar-refractivity contribution in [3.63, 3.8) is 0 Å². The second kappa shape index (κ2) is 13.4. The van der Waals surface area contributed by atoms with Gasteiger partial charge in [-0.2, -0.15) is 19.0 Å². The van der Waals surface area contributed by atoms with E-state index in [0.29, 0.717) is 44.3 Å². The molecule has 1 unspecified atom stereocenters. The molecule has 3 atom stereocenters. The van der Waals surface area contributed by atoms with Crippen molar-refractivity contribution in [1.29, 1.82) is 0 Å². The van der Waals surface area contributed by atoms with Gasteiger partial charge in [-0.1, -0.05) is 56.7 Å². The molecule has 1 aromatic carbocycles. The average Bonchev–Trinajstić information content (AvgIpc) is 3.35. The second-order valence-corrected chi connectivity index (χ2v) is 14.7. The Morgan fingerprint density at radius 3 is 2.51 bits per heavy atom. The maximum atomic E-state index is 14.9. The third-order valence-electron chi connectivity index (χ3n) is 9.34. The number of aliphatic imine (C=N–C) groups is 1. The maximum absolute atomic E-state index is 14.9. The van der Waals surface area contributed by atoms with Crippen LogP contribution >= 0.6 is 11.6 Å². The van der Waals surface area contributed by atoms with Gasteiger partial charge in [-0.3, -0.25) is 9.69 Å². The molecule has 1 aliphatic heterocycles. The van der Waals surface area contributed by atoms with Crippen LogP contribution in [0.2, 0.25) is 5.02 Å². The number of nitrogens with zero attached hydrogens (tertiary/aromatic N) is 7. The summed E-state index contributed by atoms with van der Waals surface area (Å²) < 4.78 is 61.2. The lowest BCUT2D eigenvalue weighted by atomic mass is 9.70. The Hall–Kier alpha value is -4.73. The number of hydrogen-bond donors (Lipinski definition) is 2. The first-order chi connectivity index (χ1) is 24.0. The monoisotopic (exact) mass is 731 g/mol. The number of guanidine groups is 1. The van der Waals surface area contributed by atoms with E-state index in [1.165, 1.54) is 28.3 Å². The fraction of sp³-hybridized carbons (Fsp3) is 0.471. The zero-order valence-corrected chi connectivity index (χ0v) is 29.1. The quantitative estimate of drug-likeness (QED) is 0.218. The molecule has 0 bridgehead atoms. The second-order valence-electron chi connectivity index (χ2n) is 14.3. The predicted molar refractivity (Wildman–Crippen MR) is 180 cm³/mol. The third-order valence-corrected chi connectivity index (χ3v) is 9.66. The molecule has 0 radical (unpaired) electrons. The zero-order valence-electron chi connectivity index (χ0n) is 28.4. The van der Waals surface area contributed by atoms with E-state index in [0.717, 1.165) is 0 Å². The lowest BCUT2D eigenvalue weighted by Gasteiger charge is -2.38. The summed E-state index contributed by atoms with van der Waals surface area (Å²) in [5, 5.41) is 10.6. The first kappa shape index (κ1) is 36.1. The topological polar surface area (TPSA) is 146 Å². The summed E-state index contributed by atoms with van der Waals surface area (Å²) in [5.74, 6) is -0.547. The van der Waals surface area contributed by atoms with Gasteiger partial charge in [0.15, 0.2) is 11.5 Å². The summed E-state index contributed by atoms with van der Waals surface area (Å²) in [4.78, 5) is 38.1. The molecule has 3 heterocycles. The molecule has 1 saturated carbocycles. The highest BCUT2D eigenvalue weighted by atomic mass is 35.5. The van der Waals surface area contributed by atoms with Crippen molar-refractivity contribution >= 4 is 35.1 Å². The van der Waals surface area contributed by atoms with E-state index in [2.05, 4.69) is 20.5 Å². The first-order valence-electron chi connectivity index (χ1n) is 16.3. The molecule has 0 spiro atoms. The Kier molecular flexibility index (Phi) is 9.50. The molecular weight excluding hydrogens is 694 g/mol. The van der Waals surface area contributed by atoms with Crippen LogP contribution in [0.15, 0.2) is 60.1 Å². The average molecular weight is 732 g/mol. The summed E-state index contributed by atoms with van der Waals surface area (Å²) in [6, 6.07) is 3.84. The highest BCUT2D eigenvalue weighted by Gasteiger charge is 2.56. The Bertz CT molecular complexity index is 1910. The minimum absolute atomic E-state index is 0.111. The molecule has 1 fully saturated rings. The van der Waals surface area contributed by atoms with E-state index in [9.17, 15) is 27.2 Å². The smallest absolute Gasteiger partial charge is 0.407 e. The standard InChI is InChI=1S/C34H38ClF4N9O3/c1-19-41-18-43-48(19)25-13-21(7-10-24(25)35)26(16-51-31(50)45-33(11-12-33)27(36)37)47-28(49)34(44-30(47)40,17-32(2,3)4)23-8-5-20(6-9-23)22-14-42-46(15-22)29(38)39/h5-8,10,13-15,18,23,26-27,29H,9,11-12,16-17H2,1-4H3,(H2,40,44)(H,45,50)/t23?,26-,34-/m1/s1. The number of benzene rings is 1. The Morgan fingerprint density at radius 1 is 1.20 bits per heavy atom. The van der Waals surface area contributed by atoms with E-state index >= 15 is 0 Å². The van der Waals surface area contributed by atoms with Gasteiger partial charge in [0.05, 0.1) is 22.9 Å². The molecule has 0 saturated heterocycles. The van der Waals surface area contributed by atoms with Crippen LogP contribution in [0.1, 0.15) is 76.0 Å². The van der Waals surface area contributed by atoms with Gasteiger partial charge in [0, 0.05) is 17.7 Å². The fourth-order valence-electron chi connectivity index (χ4n) is 6.68. The summed E-state index contributed by atoms with van der Waals surface area (Å²) in [7, 11) is 0. The van der Waals surface area contributed by atoms with Crippen LogP contribution in [0.3, 0.4) is 0 Å². The number of alkyl halides is 4. The van der Waals surface area contributed by atoms with Crippen molar-refractivity contribution in [1.82, 2.24) is 34.8 Å². The highest BCUT2D eigenvalue weighted by Crippen LogP contribution is 2.46. The van der Waals surface area contributed by atoms with Crippen LogP contribution in [0.5, 0.6) is 0 Å². The minimum atomic E-state index is -2.78. The summed E-state index contributed by atoms with van der Waals surface area (Å²) in [6.07, 6.45) is 6.36. The molecule has 2 aliphatic carbocycles. The molecular formula is C34H38ClF4N9O3. The van der Waals surface area contributed by atoms with Gasteiger partial charge in [0.25, 0.3) is 12.3 Å². The lowest BCUT2D eigenvalue weighted by molar-refractivity contribution is -0.136. The normalized spacial score (nSPS) is 22.0. The first-order valence-corrected chi connectivity index (χ1v) is 16.7. The van der Waals surface area contributed by atoms with Crippen molar-refractivity contribution in [2.24, 2.45) is 22.1 Å². The highest BCUT2D eigenvalue weighted by molar-refractivity contribution is 6.32. The number of nitrogens with two attached hydrogens (primary N) is 1. The minimum Gasteiger partial charge on any atom is -0.447 e. The van der Waals surface area contributed by atoms with Gasteiger partial charge in [0.1, 0.15) is 24.3 Å². The number of halogens is 5. The van der Waals surface area contributed by atoms with E-state index in [-0.39, 0.29) is 25.2 Å². The van der Waals surface area contributed by atoms with Gasteiger partial charge in [-0.15, -0.1) is 0 Å². The molecule has 3 N–H and O–H groups in total. The van der Waals surface area contributed by atoms with Crippen LogP contribution in [-0.2, 0) is 9.53 Å². The molecule has 2 aromatic heterocycles. The third kappa shape index (κ3) is 7.10. The number of hydrogen-bond acceptors (Lipinski definition) is 8. The van der Waals surface area contributed by atoms with Gasteiger partial charge >= 0.3 is 12.6 Å². The number of allylic oxidation sites excluding steroid dienone is 3. The van der Waals surface area contributed by atoms with Crippen LogP contribution in [0.4, 0.5) is 22.4 Å². The van der Waals surface area contributed by atoms with Crippen molar-refractivity contribution in [3.05, 3.63) is 77.1 Å². The van der Waals surface area contributed by atoms with Crippen LogP contribution in [-0.4, -0.2) is 71.5 Å². The molecule has 3 aromatic rings. The number of alkyl carbamates (subject to hydrolysis) is 1. The largest absolute Gasteiger partial charge is 0.447 e. The Morgan fingerprint density at radius 2 is 1.94 bits per heavy atom. The predicted octanol–water partition coefficient (Wildman–Crippen LogP) is 6.38. The number of aryl methyl sites for hydroxylation is 1. The molecule has 17 heteroatoms. The number of carbonyl (C=O) groups is 2. The van der Waals surface area contributed by atoms with Crippen molar-refractivity contribution in [2.45, 2.75) is 83.5 Å². The number of nitrogens with one attached hydrogen (secondary N) is 1. The number of ether oxygens (including phenoxy) is 1. The molecule has 272 valence electrons. The summed E-state index contributed by atoms with van der Waals surface area (Å²) >= 11 is 6.57. The zero-order chi connectivity index (χ0) is 36.9. The fourth-order valence-corrected chi connectivity index (χ4v) is 6.88. The summed E-state index contributed by atoms with van der Waals surface area (Å²) in [5.41, 5.74) is 5.19. The SMILES string of the molecule is Cc1ncnn1-c1cc([C@@H](COC(=O)NC2(C(F)F)CC2)N2C(=O)[C@@](CC(C)(C)C)(C3C=CC(c4cnn(C(F)F)c4)=CC3)N=C2N)ccc1Cl. The van der Waals surface area contributed by atoms with Crippen LogP contribution in [0.25, 0.3) is 11.3 Å². The van der Waals surface area contributed by atoms with Gasteiger partial charge in [-0.05, 0) is 61.3 Å². The maximum Gasteiger partial charge on any atom is 0.407 e. The summed E-state index contributed by atoms with van der Waals surface area (Å²) in [6.45, 7) is 4.39. The molecule has 12 nitrogen and oxygen atoms in total. The molecule has 2 amide bonds. The van der Waals surface area contributed by atoms with Gasteiger partial charge < -0.3 is 15.8 Å². The molecule has 3 aliphatic rings. The molecule has 6 rings (SSSR count). The number of rotatable bonds is 11.